The number of hydrogen-bond acceptors (Lipinski definition) is 4. The molecule has 1 aliphatic heterocycles. The van der Waals surface area contributed by atoms with Crippen LogP contribution in [0, 0.1) is 0 Å². The van der Waals surface area contributed by atoms with Crippen molar-refractivity contribution < 1.29 is 19.1 Å². The largest absolute Gasteiger partial charge is 0.444 e. The maximum atomic E-state index is 12.4. The van der Waals surface area contributed by atoms with Gasteiger partial charge in [-0.25, -0.2) is 4.79 Å². The Balaban J connectivity index is 1.86. The zero-order valence-corrected chi connectivity index (χ0v) is 16.5. The van der Waals surface area contributed by atoms with Crippen molar-refractivity contribution in [1.29, 1.82) is 0 Å². The molecule has 1 atom stereocenters. The summed E-state index contributed by atoms with van der Waals surface area (Å²) in [4.78, 5) is 37.7. The monoisotopic (exact) mass is 375 g/mol. The lowest BCUT2D eigenvalue weighted by molar-refractivity contribution is -0.133. The highest BCUT2D eigenvalue weighted by molar-refractivity contribution is 5.79. The minimum absolute atomic E-state index is 0.0334. The van der Waals surface area contributed by atoms with Gasteiger partial charge in [-0.3, -0.25) is 9.59 Å². The third kappa shape index (κ3) is 6.27. The minimum Gasteiger partial charge on any atom is -0.444 e. The van der Waals surface area contributed by atoms with E-state index in [1.807, 2.05) is 24.3 Å². The normalized spacial score (nSPS) is 16.3. The molecular formula is C20H29N3O4. The number of nitrogens with zero attached hydrogens (tertiary/aromatic N) is 1. The fourth-order valence-electron chi connectivity index (χ4n) is 3.18. The van der Waals surface area contributed by atoms with Gasteiger partial charge in [0.1, 0.15) is 5.60 Å². The highest BCUT2D eigenvalue weighted by atomic mass is 16.6. The van der Waals surface area contributed by atoms with Crippen LogP contribution in [-0.2, 0) is 20.7 Å². The summed E-state index contributed by atoms with van der Waals surface area (Å²) < 4.78 is 5.14. The van der Waals surface area contributed by atoms with E-state index in [1.165, 1.54) is 12.5 Å². The highest BCUT2D eigenvalue weighted by Gasteiger charge is 2.30. The number of benzene rings is 1. The summed E-state index contributed by atoms with van der Waals surface area (Å²) in [7, 11) is 0. The van der Waals surface area contributed by atoms with Gasteiger partial charge in [0.2, 0.25) is 11.8 Å². The van der Waals surface area contributed by atoms with E-state index in [9.17, 15) is 14.4 Å². The molecule has 0 saturated heterocycles. The summed E-state index contributed by atoms with van der Waals surface area (Å²) in [6.07, 6.45) is 0.484. The lowest BCUT2D eigenvalue weighted by atomic mass is 9.90. The van der Waals surface area contributed by atoms with Gasteiger partial charge in [-0.05, 0) is 38.3 Å². The van der Waals surface area contributed by atoms with Crippen LogP contribution in [0.2, 0.25) is 0 Å². The molecule has 0 spiro atoms. The molecule has 0 aliphatic carbocycles. The number of fused-ring (bicyclic) bond motifs is 1. The van der Waals surface area contributed by atoms with E-state index in [0.29, 0.717) is 13.1 Å². The van der Waals surface area contributed by atoms with Crippen molar-refractivity contribution in [2.45, 2.75) is 52.2 Å². The first-order chi connectivity index (χ1) is 12.7. The standard InChI is InChI=1S/C20H29N3O4/c1-14(24)23-12-9-15-7-5-6-8-16(15)17(23)13-18(25)21-10-11-22-19(26)27-20(2,3)4/h5-8,17H,9-13H2,1-4H3,(H,21,25)(H,22,26). The lowest BCUT2D eigenvalue weighted by Gasteiger charge is -2.36. The second kappa shape index (κ2) is 8.88. The molecule has 0 saturated carbocycles. The second-order valence-electron chi connectivity index (χ2n) is 7.66. The number of amides is 3. The van der Waals surface area contributed by atoms with Gasteiger partial charge < -0.3 is 20.3 Å². The zero-order chi connectivity index (χ0) is 20.0. The van der Waals surface area contributed by atoms with Gasteiger partial charge in [-0.15, -0.1) is 0 Å². The molecule has 0 aromatic heterocycles. The van der Waals surface area contributed by atoms with E-state index in [-0.39, 0.29) is 30.8 Å². The number of alkyl carbamates (subject to hydrolysis) is 1. The van der Waals surface area contributed by atoms with Crippen molar-refractivity contribution >= 4 is 17.9 Å². The van der Waals surface area contributed by atoms with E-state index in [1.54, 1.807) is 25.7 Å². The van der Waals surface area contributed by atoms with Crippen molar-refractivity contribution in [3.63, 3.8) is 0 Å². The van der Waals surface area contributed by atoms with Gasteiger partial charge in [0.15, 0.2) is 0 Å². The maximum Gasteiger partial charge on any atom is 0.407 e. The first-order valence-corrected chi connectivity index (χ1v) is 9.26. The van der Waals surface area contributed by atoms with Crippen molar-refractivity contribution in [2.75, 3.05) is 19.6 Å². The third-order valence-electron chi connectivity index (χ3n) is 4.31. The Morgan fingerprint density at radius 3 is 2.48 bits per heavy atom. The molecular weight excluding hydrogens is 346 g/mol. The van der Waals surface area contributed by atoms with Crippen LogP contribution in [0.3, 0.4) is 0 Å². The Kier molecular flexibility index (Phi) is 6.82. The molecule has 0 radical (unpaired) electrons. The van der Waals surface area contributed by atoms with Crippen molar-refractivity contribution in [3.05, 3.63) is 35.4 Å². The fraction of sp³-hybridized carbons (Fsp3) is 0.550. The van der Waals surface area contributed by atoms with E-state index in [0.717, 1.165) is 12.0 Å². The molecule has 3 amide bonds. The molecule has 1 aliphatic rings. The molecule has 148 valence electrons. The van der Waals surface area contributed by atoms with Crippen LogP contribution in [0.4, 0.5) is 4.79 Å². The summed E-state index contributed by atoms with van der Waals surface area (Å²) in [5.41, 5.74) is 1.65. The van der Waals surface area contributed by atoms with E-state index in [4.69, 9.17) is 4.74 Å². The summed E-state index contributed by atoms with van der Waals surface area (Å²) in [5, 5.41) is 5.39. The molecule has 1 unspecified atom stereocenters. The third-order valence-corrected chi connectivity index (χ3v) is 4.31. The second-order valence-corrected chi connectivity index (χ2v) is 7.66. The maximum absolute atomic E-state index is 12.4. The van der Waals surface area contributed by atoms with Crippen molar-refractivity contribution in [1.82, 2.24) is 15.5 Å². The summed E-state index contributed by atoms with van der Waals surface area (Å²) >= 11 is 0. The topological polar surface area (TPSA) is 87.7 Å². The van der Waals surface area contributed by atoms with Crippen LogP contribution >= 0.6 is 0 Å². The molecule has 1 aromatic rings. The van der Waals surface area contributed by atoms with Crippen LogP contribution in [0.1, 0.15) is 51.3 Å². The summed E-state index contributed by atoms with van der Waals surface area (Å²) in [5.74, 6) is -0.192. The Morgan fingerprint density at radius 2 is 1.81 bits per heavy atom. The van der Waals surface area contributed by atoms with E-state index in [2.05, 4.69) is 10.6 Å². The highest BCUT2D eigenvalue weighted by Crippen LogP contribution is 2.32. The first-order valence-electron chi connectivity index (χ1n) is 9.26. The Labute approximate surface area is 160 Å². The van der Waals surface area contributed by atoms with Crippen LogP contribution in [0.5, 0.6) is 0 Å². The molecule has 2 N–H and O–H groups in total. The Morgan fingerprint density at radius 1 is 1.15 bits per heavy atom. The zero-order valence-electron chi connectivity index (χ0n) is 16.5. The molecule has 7 nitrogen and oxygen atoms in total. The quantitative estimate of drug-likeness (QED) is 0.772. The number of hydrogen-bond donors (Lipinski definition) is 2. The Hall–Kier alpha value is -2.57. The lowest BCUT2D eigenvalue weighted by Crippen LogP contribution is -2.42. The van der Waals surface area contributed by atoms with Gasteiger partial charge >= 0.3 is 6.09 Å². The van der Waals surface area contributed by atoms with Crippen LogP contribution < -0.4 is 10.6 Å². The van der Waals surface area contributed by atoms with Crippen LogP contribution in [-0.4, -0.2) is 48.0 Å². The Bertz CT molecular complexity index is 697. The number of rotatable bonds is 5. The number of carbonyl (C=O) groups is 3. The average Bonchev–Trinajstić information content (AvgIpc) is 2.57. The van der Waals surface area contributed by atoms with Gasteiger partial charge in [-0.2, -0.15) is 0 Å². The SMILES string of the molecule is CC(=O)N1CCc2ccccc2C1CC(=O)NCCNC(=O)OC(C)(C)C. The smallest absolute Gasteiger partial charge is 0.407 e. The molecule has 1 heterocycles. The average molecular weight is 375 g/mol. The molecule has 0 fully saturated rings. The number of carbonyl (C=O) groups excluding carboxylic acids is 3. The first kappa shape index (κ1) is 20.7. The number of nitrogens with one attached hydrogen (secondary N) is 2. The van der Waals surface area contributed by atoms with Gasteiger partial charge in [0, 0.05) is 26.6 Å². The van der Waals surface area contributed by atoms with Crippen molar-refractivity contribution in [2.24, 2.45) is 0 Å². The van der Waals surface area contributed by atoms with Gasteiger partial charge in [0.05, 0.1) is 12.5 Å². The van der Waals surface area contributed by atoms with Crippen molar-refractivity contribution in [3.8, 4) is 0 Å². The van der Waals surface area contributed by atoms with Gasteiger partial charge in [-0.1, -0.05) is 24.3 Å². The summed E-state index contributed by atoms with van der Waals surface area (Å²) in [6, 6.07) is 7.67. The molecule has 27 heavy (non-hydrogen) atoms. The number of ether oxygens (including phenoxy) is 1. The fourth-order valence-corrected chi connectivity index (χ4v) is 3.18. The molecule has 7 heteroatoms. The minimum atomic E-state index is -0.558. The molecule has 1 aromatic carbocycles. The van der Waals surface area contributed by atoms with E-state index >= 15 is 0 Å². The van der Waals surface area contributed by atoms with E-state index < -0.39 is 11.7 Å². The van der Waals surface area contributed by atoms with Gasteiger partial charge in [0.25, 0.3) is 0 Å². The predicted octanol–water partition coefficient (Wildman–Crippen LogP) is 2.16. The predicted molar refractivity (Wildman–Crippen MR) is 102 cm³/mol. The summed E-state index contributed by atoms with van der Waals surface area (Å²) in [6.45, 7) is 8.09. The van der Waals surface area contributed by atoms with Crippen LogP contribution in [0.15, 0.2) is 24.3 Å². The molecule has 0 bridgehead atoms. The van der Waals surface area contributed by atoms with Crippen LogP contribution in [0.25, 0.3) is 0 Å². The molecule has 2 rings (SSSR count).